The van der Waals surface area contributed by atoms with Crippen molar-refractivity contribution in [3.05, 3.63) is 44.1 Å². The van der Waals surface area contributed by atoms with E-state index in [9.17, 15) is 29.5 Å². The number of fused-ring (bicyclic) bond motifs is 2. The van der Waals surface area contributed by atoms with Crippen molar-refractivity contribution in [2.24, 2.45) is 0 Å². The van der Waals surface area contributed by atoms with E-state index in [1.54, 1.807) is 12.1 Å². The van der Waals surface area contributed by atoms with Crippen LogP contribution in [0.3, 0.4) is 0 Å². The zero-order valence-corrected chi connectivity index (χ0v) is 17.5. The average molecular weight is 458 g/mol. The molecule has 1 aliphatic heterocycles. The lowest BCUT2D eigenvalue weighted by Gasteiger charge is -2.35. The van der Waals surface area contributed by atoms with Gasteiger partial charge >= 0.3 is 13.5 Å². The summed E-state index contributed by atoms with van der Waals surface area (Å²) in [5.74, 6) is 0.0386. The molecule has 2 aromatic rings. The zero-order chi connectivity index (χ0) is 23.1. The van der Waals surface area contributed by atoms with Crippen LogP contribution in [0.4, 0.5) is 22.9 Å². The summed E-state index contributed by atoms with van der Waals surface area (Å²) in [6.45, 7) is 2.41. The monoisotopic (exact) mass is 458 g/mol. The van der Waals surface area contributed by atoms with Gasteiger partial charge in [0.25, 0.3) is 5.56 Å². The Morgan fingerprint density at radius 1 is 1.06 bits per heavy atom. The van der Waals surface area contributed by atoms with Crippen molar-refractivity contribution in [3.8, 4) is 0 Å². The van der Waals surface area contributed by atoms with E-state index in [1.807, 2.05) is 13.8 Å². The van der Waals surface area contributed by atoms with Crippen molar-refractivity contribution in [1.82, 2.24) is 9.97 Å². The van der Waals surface area contributed by atoms with E-state index in [0.29, 0.717) is 11.4 Å². The van der Waals surface area contributed by atoms with Gasteiger partial charge in [-0.1, -0.05) is 0 Å². The van der Waals surface area contributed by atoms with E-state index in [4.69, 9.17) is 9.79 Å². The summed E-state index contributed by atoms with van der Waals surface area (Å²) in [5.41, 5.74) is 1.34. The van der Waals surface area contributed by atoms with Crippen LogP contribution in [-0.4, -0.2) is 66.5 Å². The third-order valence-electron chi connectivity index (χ3n) is 4.93. The predicted molar refractivity (Wildman–Crippen MR) is 110 cm³/mol. The van der Waals surface area contributed by atoms with E-state index < -0.39 is 44.0 Å². The van der Waals surface area contributed by atoms with E-state index in [1.165, 1.54) is 4.90 Å². The Kier molecular flexibility index (Phi) is 6.39. The van der Waals surface area contributed by atoms with Gasteiger partial charge in [-0.15, -0.1) is 0 Å². The number of phosphoric acid groups is 1. The number of nitrogens with zero attached hydrogens (tertiary/aromatic N) is 1. The molecule has 14 heteroatoms. The first-order chi connectivity index (χ1) is 14.4. The molecule has 31 heavy (non-hydrogen) atoms. The molecule has 0 spiro atoms. The highest BCUT2D eigenvalue weighted by molar-refractivity contribution is 7.46. The SMILES string of the molecule is Cc1cc2c(cc1C)N(C[C@@H](O)[C@H](O)[C@@H](O)COP(=O)(O)O)c1[nH]c(=O)[nH]c(=O)c1N2. The molecule has 3 rings (SSSR count). The number of aromatic amines is 2. The van der Waals surface area contributed by atoms with Crippen LogP contribution in [0, 0.1) is 13.8 Å². The molecule has 8 N–H and O–H groups in total. The van der Waals surface area contributed by atoms with Crippen molar-refractivity contribution < 1.29 is 34.2 Å². The van der Waals surface area contributed by atoms with Crippen molar-refractivity contribution in [3.63, 3.8) is 0 Å². The van der Waals surface area contributed by atoms with Gasteiger partial charge in [0.15, 0.2) is 0 Å². The van der Waals surface area contributed by atoms with Crippen LogP contribution in [0.15, 0.2) is 21.7 Å². The number of benzene rings is 1. The maximum absolute atomic E-state index is 12.3. The molecular formula is C17H23N4O9P. The molecule has 3 atom stereocenters. The minimum atomic E-state index is -4.88. The normalized spacial score (nSPS) is 16.2. The zero-order valence-electron chi connectivity index (χ0n) is 16.6. The first kappa shape index (κ1) is 23.2. The van der Waals surface area contributed by atoms with Crippen molar-refractivity contribution in [1.29, 1.82) is 0 Å². The number of β-amino-alcohol motifs (C(OH)–C–C–N with tert-alkyl or cyclic N) is 1. The summed E-state index contributed by atoms with van der Waals surface area (Å²) >= 11 is 0. The highest BCUT2D eigenvalue weighted by Crippen LogP contribution is 2.42. The van der Waals surface area contributed by atoms with Gasteiger partial charge in [0.2, 0.25) is 0 Å². The molecule has 0 saturated heterocycles. The lowest BCUT2D eigenvalue weighted by molar-refractivity contribution is -0.0717. The average Bonchev–Trinajstić information content (AvgIpc) is 2.67. The first-order valence-corrected chi connectivity index (χ1v) is 10.7. The Bertz CT molecular complexity index is 1140. The fourth-order valence-electron chi connectivity index (χ4n) is 3.19. The third-order valence-corrected chi connectivity index (χ3v) is 5.41. The maximum atomic E-state index is 12.3. The second kappa shape index (κ2) is 8.55. The van der Waals surface area contributed by atoms with E-state index in [0.717, 1.165) is 11.1 Å². The number of rotatable bonds is 7. The number of aliphatic hydroxyl groups excluding tert-OH is 3. The third kappa shape index (κ3) is 5.05. The van der Waals surface area contributed by atoms with Crippen LogP contribution in [-0.2, 0) is 9.09 Å². The Balaban J connectivity index is 1.95. The lowest BCUT2D eigenvalue weighted by Crippen LogP contribution is -2.46. The van der Waals surface area contributed by atoms with Crippen molar-refractivity contribution in [2.45, 2.75) is 32.2 Å². The minimum absolute atomic E-state index is 0.0161. The standard InChI is InChI=1S/C17H23N4O9P/c1-7-3-9-10(4-8(7)2)21(15-13(18-9)16(25)20-17(26)19-15)5-11(22)14(24)12(23)6-30-31(27,28)29/h3-4,11-12,14,18,22-24H,5-6H2,1-2H3,(H2,27,28,29)(H2,19,20,25,26)/t11-,12+,14+/m1/s1. The summed E-state index contributed by atoms with van der Waals surface area (Å²) in [5, 5.41) is 33.5. The number of aliphatic hydroxyl groups is 3. The Morgan fingerprint density at radius 2 is 1.71 bits per heavy atom. The first-order valence-electron chi connectivity index (χ1n) is 9.14. The lowest BCUT2D eigenvalue weighted by atomic mass is 10.0. The maximum Gasteiger partial charge on any atom is 0.469 e. The molecule has 1 aromatic carbocycles. The van der Waals surface area contributed by atoms with Crippen LogP contribution in [0.2, 0.25) is 0 Å². The second-order valence-electron chi connectivity index (χ2n) is 7.23. The molecule has 2 heterocycles. The van der Waals surface area contributed by atoms with Gasteiger partial charge in [0.1, 0.15) is 29.8 Å². The summed E-state index contributed by atoms with van der Waals surface area (Å²) < 4.78 is 14.9. The largest absolute Gasteiger partial charge is 0.469 e. The molecule has 0 aliphatic carbocycles. The van der Waals surface area contributed by atoms with Gasteiger partial charge < -0.3 is 35.3 Å². The smallest absolute Gasteiger partial charge is 0.388 e. The van der Waals surface area contributed by atoms with E-state index in [2.05, 4.69) is 19.8 Å². The van der Waals surface area contributed by atoms with Gasteiger partial charge in [0, 0.05) is 0 Å². The fourth-order valence-corrected chi connectivity index (χ4v) is 3.53. The second-order valence-corrected chi connectivity index (χ2v) is 8.47. The van der Waals surface area contributed by atoms with Crippen LogP contribution in [0.5, 0.6) is 0 Å². The molecule has 0 fully saturated rings. The fraction of sp³-hybridized carbons (Fsp3) is 0.412. The van der Waals surface area contributed by atoms with Crippen LogP contribution in [0.25, 0.3) is 0 Å². The van der Waals surface area contributed by atoms with Crippen molar-refractivity contribution in [2.75, 3.05) is 23.4 Å². The topological polar surface area (TPSA) is 208 Å². The molecule has 0 radical (unpaired) electrons. The predicted octanol–water partition coefficient (Wildman–Crippen LogP) is -0.933. The number of H-pyrrole nitrogens is 2. The number of anilines is 4. The Hall–Kier alpha value is -2.51. The quantitative estimate of drug-likeness (QED) is 0.238. The summed E-state index contributed by atoms with van der Waals surface area (Å²) in [4.78, 5) is 47.6. The molecule has 1 aliphatic rings. The number of aromatic nitrogens is 2. The van der Waals surface area contributed by atoms with Gasteiger partial charge in [-0.05, 0) is 37.1 Å². The molecule has 0 saturated carbocycles. The Morgan fingerprint density at radius 3 is 2.35 bits per heavy atom. The van der Waals surface area contributed by atoms with Crippen LogP contribution < -0.4 is 21.5 Å². The van der Waals surface area contributed by atoms with Crippen LogP contribution >= 0.6 is 7.82 Å². The van der Waals surface area contributed by atoms with E-state index >= 15 is 0 Å². The molecule has 13 nitrogen and oxygen atoms in total. The molecule has 0 amide bonds. The number of hydrogen-bond donors (Lipinski definition) is 8. The van der Waals surface area contributed by atoms with Gasteiger partial charge in [-0.25, -0.2) is 9.36 Å². The molecule has 0 unspecified atom stereocenters. The van der Waals surface area contributed by atoms with Gasteiger partial charge in [-0.2, -0.15) is 0 Å². The highest BCUT2D eigenvalue weighted by atomic mass is 31.2. The number of aryl methyl sites for hydroxylation is 2. The number of nitrogens with one attached hydrogen (secondary N) is 3. The van der Waals surface area contributed by atoms with Gasteiger partial charge in [-0.3, -0.25) is 19.3 Å². The van der Waals surface area contributed by atoms with Crippen molar-refractivity contribution >= 4 is 30.7 Å². The van der Waals surface area contributed by atoms with Gasteiger partial charge in [0.05, 0.1) is 24.5 Å². The minimum Gasteiger partial charge on any atom is -0.388 e. The molecular weight excluding hydrogens is 435 g/mol. The van der Waals surface area contributed by atoms with Crippen LogP contribution in [0.1, 0.15) is 11.1 Å². The molecule has 170 valence electrons. The number of hydrogen-bond acceptors (Lipinski definition) is 9. The summed E-state index contributed by atoms with van der Waals surface area (Å²) in [7, 11) is -4.88. The van der Waals surface area contributed by atoms with E-state index in [-0.39, 0.29) is 18.1 Å². The molecule has 1 aromatic heterocycles. The summed E-state index contributed by atoms with van der Waals surface area (Å²) in [6.07, 6.45) is -5.32. The summed E-state index contributed by atoms with van der Waals surface area (Å²) in [6, 6.07) is 3.53. The molecule has 0 bridgehead atoms. The Labute approximate surface area is 175 Å². The number of phosphoric ester groups is 1. The highest BCUT2D eigenvalue weighted by Gasteiger charge is 2.33.